The highest BCUT2D eigenvalue weighted by atomic mass is 28.3. The monoisotopic (exact) mass is 186 g/mol. The topological polar surface area (TPSA) is 20.2 Å². The standard InChI is InChI=1S/C10H22OSi/c1-6-8-10(9(11)7-2)12(3,4)5/h8-9,11H,6-7H2,1-5H3/b10-8+. The molecule has 1 nitrogen and oxygen atoms in total. The molecule has 0 spiro atoms. The lowest BCUT2D eigenvalue weighted by molar-refractivity contribution is 0.212. The SMILES string of the molecule is CC/C=C(\C(O)CC)[Si](C)(C)C. The van der Waals surface area contributed by atoms with E-state index < -0.39 is 8.07 Å². The molecule has 0 amide bonds. The molecule has 0 saturated heterocycles. The zero-order valence-electron chi connectivity index (χ0n) is 9.02. The molecule has 2 heteroatoms. The average molecular weight is 186 g/mol. The van der Waals surface area contributed by atoms with Gasteiger partial charge in [0.2, 0.25) is 0 Å². The fourth-order valence-electron chi connectivity index (χ4n) is 1.38. The first-order valence-electron chi connectivity index (χ1n) is 4.82. The minimum absolute atomic E-state index is 0.198. The minimum Gasteiger partial charge on any atom is -0.389 e. The van der Waals surface area contributed by atoms with Crippen molar-refractivity contribution in [3.63, 3.8) is 0 Å². The van der Waals surface area contributed by atoms with Crippen molar-refractivity contribution in [1.29, 1.82) is 0 Å². The van der Waals surface area contributed by atoms with Crippen LogP contribution in [-0.4, -0.2) is 19.3 Å². The summed E-state index contributed by atoms with van der Waals surface area (Å²) in [4.78, 5) is 0. The van der Waals surface area contributed by atoms with Crippen molar-refractivity contribution in [2.75, 3.05) is 0 Å². The van der Waals surface area contributed by atoms with Crippen molar-refractivity contribution in [1.82, 2.24) is 0 Å². The van der Waals surface area contributed by atoms with Crippen molar-refractivity contribution in [3.05, 3.63) is 11.3 Å². The van der Waals surface area contributed by atoms with Gasteiger partial charge < -0.3 is 5.11 Å². The van der Waals surface area contributed by atoms with Crippen LogP contribution in [0.25, 0.3) is 0 Å². The Morgan fingerprint density at radius 1 is 1.33 bits per heavy atom. The van der Waals surface area contributed by atoms with Gasteiger partial charge in [-0.1, -0.05) is 44.8 Å². The predicted molar refractivity (Wildman–Crippen MR) is 58.0 cm³/mol. The molecule has 12 heavy (non-hydrogen) atoms. The third-order valence-corrected chi connectivity index (χ3v) is 4.31. The van der Waals surface area contributed by atoms with E-state index in [2.05, 4.69) is 32.6 Å². The number of aliphatic hydroxyl groups excluding tert-OH is 1. The zero-order chi connectivity index (χ0) is 9.78. The quantitative estimate of drug-likeness (QED) is 0.669. The summed E-state index contributed by atoms with van der Waals surface area (Å²) in [6.45, 7) is 11.0. The molecule has 1 unspecified atom stereocenters. The van der Waals surface area contributed by atoms with Gasteiger partial charge in [0.15, 0.2) is 0 Å². The van der Waals surface area contributed by atoms with Gasteiger partial charge in [0.1, 0.15) is 0 Å². The summed E-state index contributed by atoms with van der Waals surface area (Å²) in [6.07, 6.45) is 3.89. The van der Waals surface area contributed by atoms with Crippen LogP contribution >= 0.6 is 0 Å². The van der Waals surface area contributed by atoms with Crippen molar-refractivity contribution in [2.45, 2.75) is 52.4 Å². The Hall–Kier alpha value is -0.0831. The van der Waals surface area contributed by atoms with Crippen LogP contribution in [0.2, 0.25) is 19.6 Å². The van der Waals surface area contributed by atoms with Crippen LogP contribution < -0.4 is 0 Å². The minimum atomic E-state index is -1.28. The smallest absolute Gasteiger partial charge is 0.0753 e. The summed E-state index contributed by atoms with van der Waals surface area (Å²) in [7, 11) is -1.28. The van der Waals surface area contributed by atoms with Gasteiger partial charge in [-0.2, -0.15) is 0 Å². The van der Waals surface area contributed by atoms with Gasteiger partial charge in [-0.05, 0) is 12.8 Å². The van der Waals surface area contributed by atoms with Crippen molar-refractivity contribution < 1.29 is 5.11 Å². The molecule has 0 aliphatic carbocycles. The van der Waals surface area contributed by atoms with Crippen LogP contribution in [0.3, 0.4) is 0 Å². The van der Waals surface area contributed by atoms with E-state index in [1.54, 1.807) is 0 Å². The molecule has 0 fully saturated rings. The van der Waals surface area contributed by atoms with E-state index in [-0.39, 0.29) is 6.10 Å². The first-order valence-corrected chi connectivity index (χ1v) is 8.32. The number of hydrogen-bond donors (Lipinski definition) is 1. The normalized spacial score (nSPS) is 16.3. The van der Waals surface area contributed by atoms with Crippen LogP contribution in [0.1, 0.15) is 26.7 Å². The highest BCUT2D eigenvalue weighted by Gasteiger charge is 2.23. The maximum absolute atomic E-state index is 9.75. The summed E-state index contributed by atoms with van der Waals surface area (Å²) in [6, 6.07) is 0. The lowest BCUT2D eigenvalue weighted by atomic mass is 10.2. The van der Waals surface area contributed by atoms with Crippen molar-refractivity contribution in [3.8, 4) is 0 Å². The number of rotatable bonds is 4. The summed E-state index contributed by atoms with van der Waals surface area (Å²) in [5.74, 6) is 0. The third kappa shape index (κ3) is 3.54. The Labute approximate surface area is 77.5 Å². The number of allylic oxidation sites excluding steroid dienone is 1. The number of hydrogen-bond acceptors (Lipinski definition) is 1. The molecular weight excluding hydrogens is 164 g/mol. The van der Waals surface area contributed by atoms with Gasteiger partial charge in [-0.3, -0.25) is 0 Å². The largest absolute Gasteiger partial charge is 0.389 e. The molecule has 0 aliphatic rings. The third-order valence-electron chi connectivity index (χ3n) is 2.04. The molecule has 0 bridgehead atoms. The van der Waals surface area contributed by atoms with E-state index in [1.165, 1.54) is 5.20 Å². The molecule has 0 aliphatic heterocycles. The van der Waals surface area contributed by atoms with Crippen LogP contribution in [0, 0.1) is 0 Å². The summed E-state index contributed by atoms with van der Waals surface area (Å²) < 4.78 is 0. The van der Waals surface area contributed by atoms with Crippen LogP contribution in [-0.2, 0) is 0 Å². The summed E-state index contributed by atoms with van der Waals surface area (Å²) in [5, 5.41) is 11.1. The van der Waals surface area contributed by atoms with Gasteiger partial charge in [-0.25, -0.2) is 0 Å². The lowest BCUT2D eigenvalue weighted by Gasteiger charge is -2.25. The van der Waals surface area contributed by atoms with Gasteiger partial charge >= 0.3 is 0 Å². The Kier molecular flexibility index (Phi) is 4.79. The molecule has 0 aromatic heterocycles. The maximum atomic E-state index is 9.75. The molecule has 72 valence electrons. The van der Waals surface area contributed by atoms with E-state index in [0.717, 1.165) is 12.8 Å². The first-order chi connectivity index (χ1) is 5.43. The van der Waals surface area contributed by atoms with E-state index in [4.69, 9.17) is 0 Å². The number of aliphatic hydroxyl groups is 1. The first kappa shape index (κ1) is 11.9. The highest BCUT2D eigenvalue weighted by Crippen LogP contribution is 2.20. The van der Waals surface area contributed by atoms with Crippen LogP contribution in [0.15, 0.2) is 11.3 Å². The van der Waals surface area contributed by atoms with Gasteiger partial charge in [0, 0.05) is 0 Å². The Morgan fingerprint density at radius 3 is 2.08 bits per heavy atom. The lowest BCUT2D eigenvalue weighted by Crippen LogP contribution is -2.31. The second kappa shape index (κ2) is 4.82. The van der Waals surface area contributed by atoms with E-state index in [9.17, 15) is 5.11 Å². The molecule has 0 aromatic carbocycles. The average Bonchev–Trinajstić information content (AvgIpc) is 1.96. The second-order valence-electron chi connectivity index (χ2n) is 4.24. The molecule has 0 rings (SSSR count). The molecule has 0 radical (unpaired) electrons. The summed E-state index contributed by atoms with van der Waals surface area (Å²) >= 11 is 0. The Morgan fingerprint density at radius 2 is 1.83 bits per heavy atom. The van der Waals surface area contributed by atoms with E-state index in [0.29, 0.717) is 0 Å². The van der Waals surface area contributed by atoms with Crippen LogP contribution in [0.5, 0.6) is 0 Å². The zero-order valence-corrected chi connectivity index (χ0v) is 10.0. The van der Waals surface area contributed by atoms with Crippen molar-refractivity contribution in [2.24, 2.45) is 0 Å². The fourth-order valence-corrected chi connectivity index (χ4v) is 3.40. The maximum Gasteiger partial charge on any atom is 0.0753 e. The van der Waals surface area contributed by atoms with Gasteiger partial charge in [0.25, 0.3) is 0 Å². The molecule has 0 heterocycles. The highest BCUT2D eigenvalue weighted by molar-refractivity contribution is 6.83. The Balaban J connectivity index is 4.56. The molecule has 0 saturated carbocycles. The predicted octanol–water partition coefficient (Wildman–Crippen LogP) is 2.97. The summed E-state index contributed by atoms with van der Waals surface area (Å²) in [5.41, 5.74) is 0. The van der Waals surface area contributed by atoms with Crippen LogP contribution in [0.4, 0.5) is 0 Å². The second-order valence-corrected chi connectivity index (χ2v) is 9.32. The van der Waals surface area contributed by atoms with E-state index in [1.807, 2.05) is 6.92 Å². The van der Waals surface area contributed by atoms with E-state index >= 15 is 0 Å². The van der Waals surface area contributed by atoms with Crippen molar-refractivity contribution >= 4 is 8.07 Å². The van der Waals surface area contributed by atoms with Gasteiger partial charge in [-0.15, -0.1) is 0 Å². The molecule has 1 atom stereocenters. The molecule has 1 N–H and O–H groups in total. The fraction of sp³-hybridized carbons (Fsp3) is 0.800. The van der Waals surface area contributed by atoms with Gasteiger partial charge in [0.05, 0.1) is 14.2 Å². The molecule has 0 aromatic rings. The Bertz CT molecular complexity index is 156. The molecular formula is C10H22OSi.